The third-order valence-electron chi connectivity index (χ3n) is 3.91. The lowest BCUT2D eigenvalue weighted by molar-refractivity contribution is 0.423. The van der Waals surface area contributed by atoms with Crippen LogP contribution in [-0.4, -0.2) is 30.5 Å². The number of nitrogens with two attached hydrogens (primary N) is 1. The fourth-order valence-electron chi connectivity index (χ4n) is 2.71. The Morgan fingerprint density at radius 2 is 2.15 bits per heavy atom. The van der Waals surface area contributed by atoms with Gasteiger partial charge in [0.25, 0.3) is 0 Å². The number of hydrogen-bond donors (Lipinski definition) is 2. The fraction of sp³-hybridized carbons (Fsp3) is 0.692. The standard InChI is InChI=1S/C13H23N3O2S2/c1-16-9-11(7-10(16)8-14)20(17,18)15-12-5-3-4-6-13(12)19-2/h7,9,12-13,15H,3-6,8,14H2,1-2H3. The molecule has 2 atom stereocenters. The minimum absolute atomic E-state index is 0.0327. The zero-order chi connectivity index (χ0) is 14.8. The smallest absolute Gasteiger partial charge is 0.242 e. The van der Waals surface area contributed by atoms with Gasteiger partial charge in [0.05, 0.1) is 4.90 Å². The fourth-order valence-corrected chi connectivity index (χ4v) is 5.13. The van der Waals surface area contributed by atoms with E-state index in [0.717, 1.165) is 25.0 Å². The van der Waals surface area contributed by atoms with Crippen molar-refractivity contribution >= 4 is 21.8 Å². The lowest BCUT2D eigenvalue weighted by Crippen LogP contribution is -2.43. The molecule has 0 amide bonds. The van der Waals surface area contributed by atoms with E-state index in [9.17, 15) is 8.42 Å². The Kier molecular flexibility index (Phi) is 5.17. The molecule has 114 valence electrons. The van der Waals surface area contributed by atoms with Crippen LogP contribution in [0.1, 0.15) is 31.4 Å². The van der Waals surface area contributed by atoms with Gasteiger partial charge in [-0.15, -0.1) is 0 Å². The Balaban J connectivity index is 2.17. The lowest BCUT2D eigenvalue weighted by Gasteiger charge is -2.30. The van der Waals surface area contributed by atoms with Gasteiger partial charge in [-0.3, -0.25) is 0 Å². The highest BCUT2D eigenvalue weighted by molar-refractivity contribution is 7.99. The molecule has 20 heavy (non-hydrogen) atoms. The van der Waals surface area contributed by atoms with Gasteiger partial charge < -0.3 is 10.3 Å². The molecule has 0 bridgehead atoms. The Morgan fingerprint density at radius 3 is 2.75 bits per heavy atom. The number of sulfonamides is 1. The molecular formula is C13H23N3O2S2. The average molecular weight is 317 g/mol. The number of thioether (sulfide) groups is 1. The molecule has 5 nitrogen and oxygen atoms in total. The molecule has 0 aromatic carbocycles. The minimum Gasteiger partial charge on any atom is -0.352 e. The Labute approximate surface area is 125 Å². The van der Waals surface area contributed by atoms with E-state index in [1.807, 2.05) is 13.3 Å². The number of hydrogen-bond acceptors (Lipinski definition) is 4. The van der Waals surface area contributed by atoms with E-state index >= 15 is 0 Å². The highest BCUT2D eigenvalue weighted by atomic mass is 32.2. The van der Waals surface area contributed by atoms with E-state index in [1.165, 1.54) is 6.42 Å². The Morgan fingerprint density at radius 1 is 1.45 bits per heavy atom. The first kappa shape index (κ1) is 15.9. The van der Waals surface area contributed by atoms with Gasteiger partial charge in [0, 0.05) is 36.8 Å². The van der Waals surface area contributed by atoms with E-state index in [2.05, 4.69) is 4.72 Å². The first-order valence-electron chi connectivity index (χ1n) is 6.88. The second kappa shape index (κ2) is 6.51. The highest BCUT2D eigenvalue weighted by Gasteiger charge is 2.29. The maximum absolute atomic E-state index is 12.5. The zero-order valence-electron chi connectivity index (χ0n) is 12.0. The predicted octanol–water partition coefficient (Wildman–Crippen LogP) is 1.44. The molecule has 0 spiro atoms. The van der Waals surface area contributed by atoms with E-state index in [4.69, 9.17) is 5.73 Å². The molecule has 1 fully saturated rings. The van der Waals surface area contributed by atoms with Crippen molar-refractivity contribution in [2.45, 2.75) is 48.4 Å². The van der Waals surface area contributed by atoms with Gasteiger partial charge in [0.1, 0.15) is 0 Å². The SMILES string of the molecule is CSC1CCCCC1NS(=O)(=O)c1cc(CN)n(C)c1. The quantitative estimate of drug-likeness (QED) is 0.861. The molecule has 1 aliphatic carbocycles. The highest BCUT2D eigenvalue weighted by Crippen LogP contribution is 2.28. The summed E-state index contributed by atoms with van der Waals surface area (Å²) in [6, 6.07) is 1.68. The van der Waals surface area contributed by atoms with E-state index in [0.29, 0.717) is 16.7 Å². The number of rotatable bonds is 5. The van der Waals surface area contributed by atoms with Crippen LogP contribution in [0.3, 0.4) is 0 Å². The molecule has 1 saturated carbocycles. The van der Waals surface area contributed by atoms with Crippen LogP contribution in [0.4, 0.5) is 0 Å². The Hall–Kier alpha value is -0.500. The number of aryl methyl sites for hydroxylation is 1. The third-order valence-corrected chi connectivity index (χ3v) is 6.54. The summed E-state index contributed by atoms with van der Waals surface area (Å²) in [5.74, 6) is 0. The molecule has 1 aliphatic rings. The zero-order valence-corrected chi connectivity index (χ0v) is 13.6. The summed E-state index contributed by atoms with van der Waals surface area (Å²) in [6.07, 6.45) is 7.95. The van der Waals surface area contributed by atoms with Crippen LogP contribution in [0, 0.1) is 0 Å². The maximum Gasteiger partial charge on any atom is 0.242 e. The van der Waals surface area contributed by atoms with Crippen LogP contribution in [0.15, 0.2) is 17.2 Å². The molecule has 2 rings (SSSR count). The van der Waals surface area contributed by atoms with Gasteiger partial charge >= 0.3 is 0 Å². The van der Waals surface area contributed by atoms with Crippen molar-refractivity contribution in [1.29, 1.82) is 0 Å². The summed E-state index contributed by atoms with van der Waals surface area (Å²) in [7, 11) is -1.64. The third kappa shape index (κ3) is 3.39. The summed E-state index contributed by atoms with van der Waals surface area (Å²) in [6.45, 7) is 0.336. The van der Waals surface area contributed by atoms with Crippen molar-refractivity contribution in [1.82, 2.24) is 9.29 Å². The second-order valence-electron chi connectivity index (χ2n) is 5.27. The molecule has 7 heteroatoms. The van der Waals surface area contributed by atoms with Gasteiger partial charge in [-0.05, 0) is 25.2 Å². The molecular weight excluding hydrogens is 294 g/mol. The summed E-state index contributed by atoms with van der Waals surface area (Å²) in [5, 5.41) is 0.371. The lowest BCUT2D eigenvalue weighted by atomic mass is 9.96. The molecule has 3 N–H and O–H groups in total. The second-order valence-corrected chi connectivity index (χ2v) is 8.06. The van der Waals surface area contributed by atoms with E-state index < -0.39 is 10.0 Å². The van der Waals surface area contributed by atoms with Gasteiger partial charge in [-0.1, -0.05) is 12.8 Å². The largest absolute Gasteiger partial charge is 0.352 e. The van der Waals surface area contributed by atoms with Crippen molar-refractivity contribution in [2.75, 3.05) is 6.26 Å². The minimum atomic E-state index is -3.45. The van der Waals surface area contributed by atoms with Crippen molar-refractivity contribution in [3.8, 4) is 0 Å². The molecule has 1 aromatic rings. The molecule has 2 unspecified atom stereocenters. The van der Waals surface area contributed by atoms with Crippen molar-refractivity contribution < 1.29 is 8.42 Å². The summed E-state index contributed by atoms with van der Waals surface area (Å²) >= 11 is 1.75. The van der Waals surface area contributed by atoms with Gasteiger partial charge in [-0.25, -0.2) is 13.1 Å². The van der Waals surface area contributed by atoms with Crippen molar-refractivity contribution in [3.05, 3.63) is 18.0 Å². The number of aromatic nitrogens is 1. The normalized spacial score (nSPS) is 23.9. The van der Waals surface area contributed by atoms with Crippen LogP contribution < -0.4 is 10.5 Å². The van der Waals surface area contributed by atoms with Gasteiger partial charge in [-0.2, -0.15) is 11.8 Å². The molecule has 1 heterocycles. The first-order valence-corrected chi connectivity index (χ1v) is 9.65. The Bertz CT molecular complexity index is 554. The number of nitrogens with zero attached hydrogens (tertiary/aromatic N) is 1. The maximum atomic E-state index is 12.5. The van der Waals surface area contributed by atoms with Crippen molar-refractivity contribution in [2.24, 2.45) is 12.8 Å². The average Bonchev–Trinajstić information content (AvgIpc) is 2.81. The van der Waals surface area contributed by atoms with E-state index in [-0.39, 0.29) is 6.04 Å². The summed E-state index contributed by atoms with van der Waals surface area (Å²) in [4.78, 5) is 0.311. The summed E-state index contributed by atoms with van der Waals surface area (Å²) < 4.78 is 29.6. The van der Waals surface area contributed by atoms with Crippen LogP contribution in [-0.2, 0) is 23.6 Å². The molecule has 0 radical (unpaired) electrons. The molecule has 1 aromatic heterocycles. The first-order chi connectivity index (χ1) is 9.47. The monoisotopic (exact) mass is 317 g/mol. The molecule has 0 aliphatic heterocycles. The number of nitrogens with one attached hydrogen (secondary N) is 1. The van der Waals surface area contributed by atoms with Crippen LogP contribution in [0.5, 0.6) is 0 Å². The summed E-state index contributed by atoms with van der Waals surface area (Å²) in [5.41, 5.74) is 6.41. The topological polar surface area (TPSA) is 77.1 Å². The van der Waals surface area contributed by atoms with Crippen molar-refractivity contribution in [3.63, 3.8) is 0 Å². The van der Waals surface area contributed by atoms with Crippen LogP contribution in [0.25, 0.3) is 0 Å². The molecule has 0 saturated heterocycles. The van der Waals surface area contributed by atoms with Gasteiger partial charge in [0.2, 0.25) is 10.0 Å². The predicted molar refractivity (Wildman–Crippen MR) is 83.2 cm³/mol. The van der Waals surface area contributed by atoms with Crippen LogP contribution in [0.2, 0.25) is 0 Å². The van der Waals surface area contributed by atoms with E-state index in [1.54, 1.807) is 28.6 Å². The van der Waals surface area contributed by atoms with Gasteiger partial charge in [0.15, 0.2) is 0 Å². The van der Waals surface area contributed by atoms with Crippen LogP contribution >= 0.6 is 11.8 Å².